The van der Waals surface area contributed by atoms with Crippen molar-refractivity contribution in [3.05, 3.63) is 102 Å². The molecule has 5 rings (SSSR count). The van der Waals surface area contributed by atoms with Crippen LogP contribution in [0.3, 0.4) is 0 Å². The summed E-state index contributed by atoms with van der Waals surface area (Å²) in [6.45, 7) is 1.34. The number of nitrogens with zero attached hydrogens (tertiary/aromatic N) is 1. The van der Waals surface area contributed by atoms with Gasteiger partial charge in [0.1, 0.15) is 17.4 Å². The number of methoxy groups -OCH3 is 1. The maximum absolute atomic E-state index is 13.1. The molecule has 0 aromatic heterocycles. The summed E-state index contributed by atoms with van der Waals surface area (Å²) >= 11 is 0. The van der Waals surface area contributed by atoms with Gasteiger partial charge in [-0.05, 0) is 23.6 Å². The Kier molecular flexibility index (Phi) is 5.76. The Morgan fingerprint density at radius 1 is 0.939 bits per heavy atom. The highest BCUT2D eigenvalue weighted by atomic mass is 16.5. The van der Waals surface area contributed by atoms with E-state index in [0.717, 1.165) is 17.7 Å². The van der Waals surface area contributed by atoms with Crippen molar-refractivity contribution >= 4 is 11.6 Å². The number of para-hydroxylation sites is 1. The van der Waals surface area contributed by atoms with Crippen LogP contribution in [-0.4, -0.2) is 36.7 Å². The van der Waals surface area contributed by atoms with Gasteiger partial charge >= 0.3 is 0 Å². The zero-order valence-electron chi connectivity index (χ0n) is 19.0. The minimum absolute atomic E-state index is 0.0582. The first kappa shape index (κ1) is 21.4. The summed E-state index contributed by atoms with van der Waals surface area (Å²) in [4.78, 5) is 15.3. The molecule has 1 unspecified atom stereocenters. The van der Waals surface area contributed by atoms with Gasteiger partial charge in [0, 0.05) is 48.7 Å². The molecule has 1 aliphatic carbocycles. The van der Waals surface area contributed by atoms with Crippen LogP contribution in [-0.2, 0) is 16.6 Å². The fraction of sp³-hybridized carbons (Fsp3) is 0.310. The minimum atomic E-state index is -0.222. The Labute approximate surface area is 195 Å². The number of amidine groups is 1. The zero-order valence-corrected chi connectivity index (χ0v) is 19.0. The van der Waals surface area contributed by atoms with Crippen LogP contribution in [0.25, 0.3) is 0 Å². The van der Waals surface area contributed by atoms with E-state index in [-0.39, 0.29) is 17.3 Å². The first-order valence-corrected chi connectivity index (χ1v) is 11.7. The monoisotopic (exact) mass is 438 g/mol. The van der Waals surface area contributed by atoms with Gasteiger partial charge in [-0.15, -0.1) is 0 Å². The number of hydrogen-bond donors (Lipinski definition) is 1. The molecule has 1 saturated carbocycles. The number of carbonyl (C=O) groups excluding carboxylic acids is 1. The fourth-order valence-corrected chi connectivity index (χ4v) is 6.04. The second kappa shape index (κ2) is 8.86. The molecule has 4 heteroatoms. The van der Waals surface area contributed by atoms with Crippen molar-refractivity contribution in [2.45, 2.75) is 24.7 Å². The van der Waals surface area contributed by atoms with Crippen LogP contribution in [0.4, 0.5) is 0 Å². The summed E-state index contributed by atoms with van der Waals surface area (Å²) in [5.41, 5.74) is 3.33. The lowest BCUT2D eigenvalue weighted by molar-refractivity contribution is -0.126. The molecule has 3 aromatic carbocycles. The van der Waals surface area contributed by atoms with E-state index in [4.69, 9.17) is 10.1 Å². The number of fused-ring (bicyclic) bond motifs is 1. The van der Waals surface area contributed by atoms with Gasteiger partial charge in [0.15, 0.2) is 0 Å². The average Bonchev–Trinajstić information content (AvgIpc) is 3.33. The number of ketones is 1. The van der Waals surface area contributed by atoms with Gasteiger partial charge in [-0.2, -0.15) is 0 Å². The third-order valence-electron chi connectivity index (χ3n) is 7.64. The number of carbonyl (C=O) groups is 1. The molecule has 0 bridgehead atoms. The predicted octanol–water partition coefficient (Wildman–Crippen LogP) is 5.11. The number of rotatable bonds is 5. The summed E-state index contributed by atoms with van der Waals surface area (Å²) in [5.74, 6) is 1.78. The Morgan fingerprint density at radius 2 is 1.55 bits per heavy atom. The van der Waals surface area contributed by atoms with Crippen molar-refractivity contribution in [2.24, 2.45) is 11.8 Å². The van der Waals surface area contributed by atoms with Gasteiger partial charge in [-0.25, -0.2) is 0 Å². The van der Waals surface area contributed by atoms with Crippen LogP contribution in [0.2, 0.25) is 0 Å². The Bertz CT molecular complexity index is 1100. The molecule has 1 N–H and O–H groups in total. The van der Waals surface area contributed by atoms with E-state index < -0.39 is 0 Å². The van der Waals surface area contributed by atoms with Crippen molar-refractivity contribution in [2.75, 3.05) is 20.2 Å². The number of hydrogen-bond acceptors (Lipinski definition) is 3. The third-order valence-corrected chi connectivity index (χ3v) is 7.64. The van der Waals surface area contributed by atoms with Gasteiger partial charge in [0.25, 0.3) is 0 Å². The molecule has 168 valence electrons. The maximum atomic E-state index is 13.1. The summed E-state index contributed by atoms with van der Waals surface area (Å²) in [6.07, 6.45) is 1.90. The molecule has 4 nitrogen and oxygen atoms in total. The van der Waals surface area contributed by atoms with E-state index in [0.29, 0.717) is 37.6 Å². The molecular weight excluding hydrogens is 408 g/mol. The minimum Gasteiger partial charge on any atom is -0.496 e. The molecule has 1 aliphatic heterocycles. The van der Waals surface area contributed by atoms with Crippen LogP contribution in [0.5, 0.6) is 5.75 Å². The van der Waals surface area contributed by atoms with E-state index in [1.165, 1.54) is 11.1 Å². The third kappa shape index (κ3) is 3.74. The molecule has 0 spiro atoms. The molecule has 0 radical (unpaired) electrons. The summed E-state index contributed by atoms with van der Waals surface area (Å²) in [6, 6.07) is 29.2. The van der Waals surface area contributed by atoms with Crippen molar-refractivity contribution in [3.63, 3.8) is 0 Å². The van der Waals surface area contributed by atoms with Crippen molar-refractivity contribution < 1.29 is 9.53 Å². The maximum Gasteiger partial charge on any atom is 0.138 e. The lowest BCUT2D eigenvalue weighted by Gasteiger charge is -2.45. The Balaban J connectivity index is 1.50. The second-order valence-corrected chi connectivity index (χ2v) is 9.22. The lowest BCUT2D eigenvalue weighted by Crippen LogP contribution is -2.47. The van der Waals surface area contributed by atoms with Crippen LogP contribution >= 0.6 is 0 Å². The van der Waals surface area contributed by atoms with Crippen molar-refractivity contribution in [1.82, 2.24) is 4.90 Å². The standard InChI is InChI=1S/C29H30N2O2/c1-33-27-15-9-8-10-21(27)18-28(30)31-19-24-25(20-31)29(17-16-26(24)32,22-11-4-2-5-12-22)23-13-6-3-7-14-23/h2-15,24-25,30H,16-20H2,1H3/t24-,25?/m0/s1. The lowest BCUT2D eigenvalue weighted by atomic mass is 9.56. The summed E-state index contributed by atoms with van der Waals surface area (Å²) < 4.78 is 5.50. The summed E-state index contributed by atoms with van der Waals surface area (Å²) in [5, 5.41) is 8.91. The van der Waals surface area contributed by atoms with Crippen LogP contribution in [0.1, 0.15) is 29.5 Å². The van der Waals surface area contributed by atoms with Gasteiger partial charge < -0.3 is 9.64 Å². The molecular formula is C29H30N2O2. The van der Waals surface area contributed by atoms with E-state index >= 15 is 0 Å². The van der Waals surface area contributed by atoms with Gasteiger partial charge in [-0.3, -0.25) is 10.2 Å². The number of likely N-dealkylation sites (tertiary alicyclic amines) is 1. The molecule has 33 heavy (non-hydrogen) atoms. The van der Waals surface area contributed by atoms with Gasteiger partial charge in [0.05, 0.1) is 7.11 Å². The van der Waals surface area contributed by atoms with Gasteiger partial charge in [-0.1, -0.05) is 78.9 Å². The fourth-order valence-electron chi connectivity index (χ4n) is 6.04. The Morgan fingerprint density at radius 3 is 2.18 bits per heavy atom. The molecule has 0 amide bonds. The van der Waals surface area contributed by atoms with Crippen LogP contribution in [0.15, 0.2) is 84.9 Å². The van der Waals surface area contributed by atoms with Crippen LogP contribution < -0.4 is 4.74 Å². The first-order chi connectivity index (χ1) is 16.1. The molecule has 1 saturated heterocycles. The highest BCUT2D eigenvalue weighted by Gasteiger charge is 2.54. The van der Waals surface area contributed by atoms with E-state index in [2.05, 4.69) is 65.6 Å². The number of benzene rings is 3. The van der Waals surface area contributed by atoms with E-state index in [9.17, 15) is 4.79 Å². The molecule has 2 fully saturated rings. The SMILES string of the molecule is COc1ccccc1CC(=N)N1CC2[C@H](C1)C(=O)CCC2(c1ccccc1)c1ccccc1. The highest BCUT2D eigenvalue weighted by molar-refractivity contribution is 5.87. The topological polar surface area (TPSA) is 53.4 Å². The average molecular weight is 439 g/mol. The Hall–Kier alpha value is -3.40. The highest BCUT2D eigenvalue weighted by Crippen LogP contribution is 2.52. The quantitative estimate of drug-likeness (QED) is 0.445. The van der Waals surface area contributed by atoms with Crippen molar-refractivity contribution in [1.29, 1.82) is 5.41 Å². The van der Waals surface area contributed by atoms with E-state index in [1.54, 1.807) is 7.11 Å². The first-order valence-electron chi connectivity index (χ1n) is 11.7. The molecule has 2 atom stereocenters. The molecule has 2 aliphatic rings. The normalized spacial score (nSPS) is 21.5. The number of nitrogens with one attached hydrogen (secondary N) is 1. The van der Waals surface area contributed by atoms with E-state index in [1.807, 2.05) is 24.3 Å². The molecule has 1 heterocycles. The number of ether oxygens (including phenoxy) is 1. The second-order valence-electron chi connectivity index (χ2n) is 9.22. The van der Waals surface area contributed by atoms with Crippen LogP contribution in [0, 0.1) is 17.2 Å². The predicted molar refractivity (Wildman–Crippen MR) is 131 cm³/mol. The van der Waals surface area contributed by atoms with Gasteiger partial charge in [0.2, 0.25) is 0 Å². The molecule has 3 aromatic rings. The number of Topliss-reactive ketones (excluding diaryl/α,β-unsaturated/α-hetero) is 1. The zero-order chi connectivity index (χ0) is 22.8. The smallest absolute Gasteiger partial charge is 0.138 e. The summed E-state index contributed by atoms with van der Waals surface area (Å²) in [7, 11) is 1.67. The largest absolute Gasteiger partial charge is 0.496 e. The van der Waals surface area contributed by atoms with Crippen molar-refractivity contribution in [3.8, 4) is 5.75 Å².